The molecular weight excluding hydrogens is 400 g/mol. The number of hydrogen-bond donors (Lipinski definition) is 1. The Balaban J connectivity index is 1.49. The van der Waals surface area contributed by atoms with Crippen molar-refractivity contribution in [3.05, 3.63) is 99.8 Å². The molecule has 4 aromatic rings. The first-order valence-corrected chi connectivity index (χ1v) is 9.76. The lowest BCUT2D eigenvalue weighted by Gasteiger charge is -2.03. The third kappa shape index (κ3) is 4.17. The molecule has 4 heteroatoms. The van der Waals surface area contributed by atoms with Crippen molar-refractivity contribution in [2.24, 2.45) is 0 Å². The van der Waals surface area contributed by atoms with E-state index in [1.54, 1.807) is 6.20 Å². The lowest BCUT2D eigenvalue weighted by Crippen LogP contribution is -2.04. The standard InChI is InChI=1S/C23H19BrN2O/c24-21-9-5-4-8-20(21)22(27)13-17-12-18-14-19(26-23(18)25-15-17)11-10-16-6-2-1-3-7-16/h1-9,12,14-15H,10-11,13H2,(H,25,26). The fourth-order valence-electron chi connectivity index (χ4n) is 3.24. The summed E-state index contributed by atoms with van der Waals surface area (Å²) in [7, 11) is 0. The summed E-state index contributed by atoms with van der Waals surface area (Å²) in [5, 5.41) is 1.05. The summed E-state index contributed by atoms with van der Waals surface area (Å²) in [5.74, 6) is 0.0865. The van der Waals surface area contributed by atoms with Gasteiger partial charge in [0.05, 0.1) is 0 Å². The number of rotatable bonds is 6. The van der Waals surface area contributed by atoms with Gasteiger partial charge in [0.1, 0.15) is 5.65 Å². The molecule has 134 valence electrons. The number of nitrogens with one attached hydrogen (secondary N) is 1. The third-order valence-corrected chi connectivity index (χ3v) is 5.34. The SMILES string of the molecule is O=C(Cc1cnc2[nH]c(CCc3ccccc3)cc2c1)c1ccccc1Br. The van der Waals surface area contributed by atoms with Gasteiger partial charge in [-0.3, -0.25) is 4.79 Å². The van der Waals surface area contributed by atoms with Gasteiger partial charge in [-0.1, -0.05) is 64.5 Å². The number of aryl methyl sites for hydroxylation is 2. The number of pyridine rings is 1. The van der Waals surface area contributed by atoms with E-state index in [1.807, 2.05) is 30.3 Å². The van der Waals surface area contributed by atoms with Crippen LogP contribution in [0, 0.1) is 0 Å². The number of ketones is 1. The predicted octanol–water partition coefficient (Wildman–Crippen LogP) is 5.54. The number of hydrogen-bond acceptors (Lipinski definition) is 2. The summed E-state index contributed by atoms with van der Waals surface area (Å²) >= 11 is 3.45. The Kier molecular flexibility index (Phi) is 5.16. The van der Waals surface area contributed by atoms with E-state index < -0.39 is 0 Å². The van der Waals surface area contributed by atoms with Gasteiger partial charge >= 0.3 is 0 Å². The summed E-state index contributed by atoms with van der Waals surface area (Å²) in [4.78, 5) is 20.5. The molecule has 0 amide bonds. The number of carbonyl (C=O) groups is 1. The number of aromatic nitrogens is 2. The van der Waals surface area contributed by atoms with Gasteiger partial charge in [-0.05, 0) is 42.2 Å². The highest BCUT2D eigenvalue weighted by molar-refractivity contribution is 9.10. The molecule has 0 saturated heterocycles. The Morgan fingerprint density at radius 3 is 2.52 bits per heavy atom. The second kappa shape index (κ2) is 7.89. The van der Waals surface area contributed by atoms with E-state index in [-0.39, 0.29) is 5.78 Å². The van der Waals surface area contributed by atoms with Crippen LogP contribution in [0.1, 0.15) is 27.2 Å². The smallest absolute Gasteiger partial charge is 0.168 e. The topological polar surface area (TPSA) is 45.8 Å². The van der Waals surface area contributed by atoms with E-state index in [2.05, 4.69) is 62.3 Å². The van der Waals surface area contributed by atoms with Gasteiger partial charge in [0.2, 0.25) is 0 Å². The third-order valence-electron chi connectivity index (χ3n) is 4.65. The molecule has 2 aromatic carbocycles. The minimum absolute atomic E-state index is 0.0865. The quantitative estimate of drug-likeness (QED) is 0.418. The molecule has 27 heavy (non-hydrogen) atoms. The van der Waals surface area contributed by atoms with Crippen molar-refractivity contribution < 1.29 is 4.79 Å². The van der Waals surface area contributed by atoms with Gasteiger partial charge < -0.3 is 4.98 Å². The maximum Gasteiger partial charge on any atom is 0.168 e. The van der Waals surface area contributed by atoms with Gasteiger partial charge in [-0.25, -0.2) is 4.98 Å². The summed E-state index contributed by atoms with van der Waals surface area (Å²) < 4.78 is 0.828. The van der Waals surface area contributed by atoms with Gasteiger partial charge in [0.25, 0.3) is 0 Å². The molecule has 1 N–H and O–H groups in total. The Labute approximate surface area is 166 Å². The number of fused-ring (bicyclic) bond motifs is 1. The first kappa shape index (κ1) is 17.7. The molecule has 2 aromatic heterocycles. The molecule has 0 aliphatic heterocycles. The Morgan fingerprint density at radius 2 is 1.70 bits per heavy atom. The number of halogens is 1. The van der Waals surface area contributed by atoms with Crippen LogP contribution in [-0.2, 0) is 19.3 Å². The normalized spacial score (nSPS) is 11.0. The fraction of sp³-hybridized carbons (Fsp3) is 0.130. The highest BCUT2D eigenvalue weighted by Gasteiger charge is 2.12. The van der Waals surface area contributed by atoms with Gasteiger partial charge in [0.15, 0.2) is 5.78 Å². The largest absolute Gasteiger partial charge is 0.343 e. The van der Waals surface area contributed by atoms with Crippen LogP contribution < -0.4 is 0 Å². The number of carbonyl (C=O) groups excluding carboxylic acids is 1. The molecule has 4 rings (SSSR count). The summed E-state index contributed by atoms with van der Waals surface area (Å²) in [6.45, 7) is 0. The second-order valence-corrected chi connectivity index (χ2v) is 7.50. The van der Waals surface area contributed by atoms with Crippen LogP contribution in [0.25, 0.3) is 11.0 Å². The number of Topliss-reactive ketones (excluding diaryl/α,β-unsaturated/α-hetero) is 1. The van der Waals surface area contributed by atoms with E-state index in [0.29, 0.717) is 12.0 Å². The molecule has 2 heterocycles. The van der Waals surface area contributed by atoms with Gasteiger partial charge in [-0.15, -0.1) is 0 Å². The summed E-state index contributed by atoms with van der Waals surface area (Å²) in [6.07, 6.45) is 4.05. The van der Waals surface area contributed by atoms with Crippen LogP contribution in [0.3, 0.4) is 0 Å². The number of aromatic amines is 1. The lowest BCUT2D eigenvalue weighted by atomic mass is 10.0. The molecule has 0 saturated carbocycles. The summed E-state index contributed by atoms with van der Waals surface area (Å²) in [6, 6.07) is 22.2. The zero-order valence-corrected chi connectivity index (χ0v) is 16.4. The van der Waals surface area contributed by atoms with Crippen molar-refractivity contribution in [3.63, 3.8) is 0 Å². The van der Waals surface area contributed by atoms with E-state index in [4.69, 9.17) is 0 Å². The predicted molar refractivity (Wildman–Crippen MR) is 112 cm³/mol. The zero-order valence-electron chi connectivity index (χ0n) is 14.8. The van der Waals surface area contributed by atoms with Crippen molar-refractivity contribution in [1.82, 2.24) is 9.97 Å². The molecule has 0 spiro atoms. The van der Waals surface area contributed by atoms with E-state index >= 15 is 0 Å². The minimum Gasteiger partial charge on any atom is -0.343 e. The van der Waals surface area contributed by atoms with Crippen molar-refractivity contribution in [1.29, 1.82) is 0 Å². The molecule has 0 aliphatic rings. The average molecular weight is 419 g/mol. The second-order valence-electron chi connectivity index (χ2n) is 6.64. The maximum atomic E-state index is 12.6. The molecule has 0 fully saturated rings. The monoisotopic (exact) mass is 418 g/mol. The lowest BCUT2D eigenvalue weighted by molar-refractivity contribution is 0.0992. The zero-order chi connectivity index (χ0) is 18.6. The van der Waals surface area contributed by atoms with Crippen molar-refractivity contribution in [2.75, 3.05) is 0 Å². The molecule has 0 unspecified atom stereocenters. The molecule has 3 nitrogen and oxygen atoms in total. The number of benzene rings is 2. The van der Waals surface area contributed by atoms with Crippen LogP contribution in [0.5, 0.6) is 0 Å². The molecular formula is C23H19BrN2O. The molecule has 0 bridgehead atoms. The Bertz CT molecular complexity index is 1090. The molecule has 0 radical (unpaired) electrons. The highest BCUT2D eigenvalue weighted by Crippen LogP contribution is 2.20. The number of nitrogens with zero attached hydrogens (tertiary/aromatic N) is 1. The first-order chi connectivity index (χ1) is 13.2. The summed E-state index contributed by atoms with van der Waals surface area (Å²) in [5.41, 5.74) is 4.99. The van der Waals surface area contributed by atoms with E-state index in [9.17, 15) is 4.79 Å². The fourth-order valence-corrected chi connectivity index (χ4v) is 3.75. The van der Waals surface area contributed by atoms with Crippen LogP contribution in [0.2, 0.25) is 0 Å². The van der Waals surface area contributed by atoms with E-state index in [0.717, 1.165) is 39.6 Å². The molecule has 0 aliphatic carbocycles. The maximum absolute atomic E-state index is 12.6. The van der Waals surface area contributed by atoms with Crippen molar-refractivity contribution >= 4 is 32.7 Å². The van der Waals surface area contributed by atoms with Gasteiger partial charge in [-0.2, -0.15) is 0 Å². The molecule has 0 atom stereocenters. The van der Waals surface area contributed by atoms with E-state index in [1.165, 1.54) is 5.56 Å². The average Bonchev–Trinajstić information content (AvgIpc) is 3.10. The Morgan fingerprint density at radius 1 is 0.926 bits per heavy atom. The van der Waals surface area contributed by atoms with Crippen LogP contribution in [0.4, 0.5) is 0 Å². The van der Waals surface area contributed by atoms with Crippen LogP contribution in [0.15, 0.2) is 77.4 Å². The van der Waals surface area contributed by atoms with Crippen LogP contribution >= 0.6 is 15.9 Å². The van der Waals surface area contributed by atoms with Gasteiger partial charge in [0, 0.05) is 33.7 Å². The first-order valence-electron chi connectivity index (χ1n) is 8.97. The van der Waals surface area contributed by atoms with Crippen molar-refractivity contribution in [3.8, 4) is 0 Å². The number of H-pyrrole nitrogens is 1. The van der Waals surface area contributed by atoms with Crippen LogP contribution in [-0.4, -0.2) is 15.8 Å². The Hall–Kier alpha value is -2.72. The minimum atomic E-state index is 0.0865. The highest BCUT2D eigenvalue weighted by atomic mass is 79.9. The van der Waals surface area contributed by atoms with Crippen molar-refractivity contribution in [2.45, 2.75) is 19.3 Å².